The van der Waals surface area contributed by atoms with Gasteiger partial charge in [0.15, 0.2) is 5.96 Å². The molecule has 1 atom stereocenters. The minimum atomic E-state index is 0.567. The van der Waals surface area contributed by atoms with Gasteiger partial charge in [0.1, 0.15) is 16.7 Å². The van der Waals surface area contributed by atoms with E-state index in [0.717, 1.165) is 54.2 Å². The Hall–Kier alpha value is -1.96. The number of guanidine groups is 1. The van der Waals surface area contributed by atoms with Crippen LogP contribution in [0.5, 0.6) is 0 Å². The highest BCUT2D eigenvalue weighted by atomic mass is 32.1. The molecule has 0 saturated carbocycles. The second kappa shape index (κ2) is 7.08. The number of aryl methyl sites for hydroxylation is 3. The predicted molar refractivity (Wildman–Crippen MR) is 91.6 cm³/mol. The smallest absolute Gasteiger partial charge is 0.191 e. The van der Waals surface area contributed by atoms with Gasteiger partial charge >= 0.3 is 0 Å². The molecule has 0 aromatic carbocycles. The Balaban J connectivity index is 1.48. The minimum absolute atomic E-state index is 0.567. The summed E-state index contributed by atoms with van der Waals surface area (Å²) in [6, 6.07) is 0. The Morgan fingerprint density at radius 1 is 1.39 bits per heavy atom. The number of nitrogens with zero attached hydrogens (tertiary/aromatic N) is 5. The van der Waals surface area contributed by atoms with Crippen LogP contribution in [0.2, 0.25) is 0 Å². The molecule has 1 aliphatic heterocycles. The molecule has 23 heavy (non-hydrogen) atoms. The van der Waals surface area contributed by atoms with Gasteiger partial charge in [-0.1, -0.05) is 0 Å². The van der Waals surface area contributed by atoms with Crippen LogP contribution in [0, 0.1) is 19.8 Å². The van der Waals surface area contributed by atoms with Gasteiger partial charge in [0.25, 0.3) is 0 Å². The zero-order chi connectivity index (χ0) is 16.2. The molecule has 0 aliphatic carbocycles. The topological polar surface area (TPSA) is 80.0 Å². The van der Waals surface area contributed by atoms with Crippen molar-refractivity contribution in [1.82, 2.24) is 30.4 Å². The summed E-state index contributed by atoms with van der Waals surface area (Å²) in [6.45, 7) is 6.61. The van der Waals surface area contributed by atoms with Crippen LogP contribution in [0.3, 0.4) is 0 Å². The van der Waals surface area contributed by atoms with Gasteiger partial charge in [-0.25, -0.2) is 4.98 Å². The van der Waals surface area contributed by atoms with E-state index in [1.165, 1.54) is 0 Å². The highest BCUT2D eigenvalue weighted by Crippen LogP contribution is 2.19. The van der Waals surface area contributed by atoms with E-state index >= 15 is 0 Å². The van der Waals surface area contributed by atoms with Crippen LogP contribution < -0.4 is 10.6 Å². The average Bonchev–Trinajstić information content (AvgIpc) is 3.14. The van der Waals surface area contributed by atoms with Gasteiger partial charge in [-0.3, -0.25) is 4.99 Å². The Labute approximate surface area is 140 Å². The van der Waals surface area contributed by atoms with Crippen molar-refractivity contribution in [3.8, 4) is 0 Å². The van der Waals surface area contributed by atoms with Crippen molar-refractivity contribution in [2.24, 2.45) is 10.9 Å². The van der Waals surface area contributed by atoms with Crippen LogP contribution >= 0.6 is 11.3 Å². The van der Waals surface area contributed by atoms with Crippen molar-refractivity contribution >= 4 is 17.3 Å². The van der Waals surface area contributed by atoms with Gasteiger partial charge in [-0.15, -0.1) is 21.5 Å². The lowest BCUT2D eigenvalue weighted by Gasteiger charge is -2.24. The molecule has 3 heterocycles. The Bertz CT molecular complexity index is 688. The van der Waals surface area contributed by atoms with Crippen molar-refractivity contribution in [1.29, 1.82) is 0 Å². The molecule has 0 saturated heterocycles. The maximum atomic E-state index is 4.45. The maximum Gasteiger partial charge on any atom is 0.191 e. The molecule has 0 spiro atoms. The molecule has 2 aromatic heterocycles. The molecule has 1 aliphatic rings. The van der Waals surface area contributed by atoms with Crippen LogP contribution in [-0.2, 0) is 19.5 Å². The molecule has 124 valence electrons. The number of hydrogen-bond donors (Lipinski definition) is 2. The fraction of sp³-hybridized carbons (Fsp3) is 0.600. The van der Waals surface area contributed by atoms with Crippen molar-refractivity contribution in [3.63, 3.8) is 0 Å². The van der Waals surface area contributed by atoms with E-state index < -0.39 is 0 Å². The quantitative estimate of drug-likeness (QED) is 0.651. The Kier molecular flexibility index (Phi) is 4.90. The third kappa shape index (κ3) is 3.87. The summed E-state index contributed by atoms with van der Waals surface area (Å²) in [5.74, 6) is 3.51. The van der Waals surface area contributed by atoms with E-state index in [9.17, 15) is 0 Å². The first-order valence-corrected chi connectivity index (χ1v) is 8.78. The lowest BCUT2D eigenvalue weighted by Crippen LogP contribution is -2.41. The SMILES string of the molecule is CN=C(NCc1nc(C)cs1)NCC1CCc2nnc(C)n2C1. The fourth-order valence-corrected chi connectivity index (χ4v) is 3.51. The minimum Gasteiger partial charge on any atom is -0.356 e. The number of fused-ring (bicyclic) bond motifs is 1. The summed E-state index contributed by atoms with van der Waals surface area (Å²) in [6.07, 6.45) is 2.13. The largest absolute Gasteiger partial charge is 0.356 e. The molecule has 0 amide bonds. The van der Waals surface area contributed by atoms with E-state index in [0.29, 0.717) is 12.5 Å². The van der Waals surface area contributed by atoms with Gasteiger partial charge < -0.3 is 15.2 Å². The first-order valence-electron chi connectivity index (χ1n) is 7.90. The number of rotatable bonds is 4. The number of thiazole rings is 1. The first-order chi connectivity index (χ1) is 11.2. The predicted octanol–water partition coefficient (Wildman–Crippen LogP) is 1.28. The van der Waals surface area contributed by atoms with Crippen LogP contribution in [0.25, 0.3) is 0 Å². The van der Waals surface area contributed by atoms with Gasteiger partial charge in [0, 0.05) is 37.6 Å². The summed E-state index contributed by atoms with van der Waals surface area (Å²) >= 11 is 1.67. The van der Waals surface area contributed by atoms with Crippen molar-refractivity contribution in [3.05, 3.63) is 27.7 Å². The second-order valence-corrected chi connectivity index (χ2v) is 6.81. The standard InChI is InChI=1S/C15H23N7S/c1-10-9-23-14(19-10)7-18-15(16-3)17-6-12-4-5-13-21-20-11(2)22(13)8-12/h9,12H,4-8H2,1-3H3,(H2,16,17,18). The van der Waals surface area contributed by atoms with Crippen molar-refractivity contribution in [2.75, 3.05) is 13.6 Å². The van der Waals surface area contributed by atoms with Crippen LogP contribution in [0.1, 0.15) is 28.8 Å². The third-order valence-corrected chi connectivity index (χ3v) is 5.05. The number of hydrogen-bond acceptors (Lipinski definition) is 5. The molecule has 0 fully saturated rings. The molecule has 7 nitrogen and oxygen atoms in total. The van der Waals surface area contributed by atoms with Gasteiger partial charge in [-0.05, 0) is 26.2 Å². The monoisotopic (exact) mass is 333 g/mol. The molecule has 3 rings (SSSR count). The van der Waals surface area contributed by atoms with Crippen LogP contribution in [0.4, 0.5) is 0 Å². The lowest BCUT2D eigenvalue weighted by atomic mass is 9.99. The van der Waals surface area contributed by atoms with E-state index in [-0.39, 0.29) is 0 Å². The lowest BCUT2D eigenvalue weighted by molar-refractivity contribution is 0.358. The molecule has 8 heteroatoms. The highest BCUT2D eigenvalue weighted by Gasteiger charge is 2.21. The molecular weight excluding hydrogens is 310 g/mol. The van der Waals surface area contributed by atoms with E-state index in [2.05, 4.69) is 40.8 Å². The van der Waals surface area contributed by atoms with Crippen molar-refractivity contribution in [2.45, 2.75) is 39.8 Å². The number of aliphatic imine (C=N–C) groups is 1. The van der Waals surface area contributed by atoms with Gasteiger partial charge in [0.05, 0.1) is 6.54 Å². The Morgan fingerprint density at radius 3 is 3.00 bits per heavy atom. The first kappa shape index (κ1) is 15.9. The number of aromatic nitrogens is 4. The summed E-state index contributed by atoms with van der Waals surface area (Å²) < 4.78 is 2.23. The molecule has 0 radical (unpaired) electrons. The Morgan fingerprint density at radius 2 is 2.26 bits per heavy atom. The normalized spacial score (nSPS) is 17.9. The van der Waals surface area contributed by atoms with Crippen LogP contribution in [0.15, 0.2) is 10.4 Å². The van der Waals surface area contributed by atoms with E-state index in [4.69, 9.17) is 0 Å². The summed E-state index contributed by atoms with van der Waals surface area (Å²) in [5, 5.41) is 18.3. The maximum absolute atomic E-state index is 4.45. The molecule has 2 N–H and O–H groups in total. The zero-order valence-electron chi connectivity index (χ0n) is 13.8. The molecule has 2 aromatic rings. The average molecular weight is 333 g/mol. The highest BCUT2D eigenvalue weighted by molar-refractivity contribution is 7.09. The summed E-state index contributed by atoms with van der Waals surface area (Å²) in [7, 11) is 1.80. The fourth-order valence-electron chi connectivity index (χ4n) is 2.80. The van der Waals surface area contributed by atoms with E-state index in [1.54, 1.807) is 18.4 Å². The van der Waals surface area contributed by atoms with Crippen LogP contribution in [-0.4, -0.2) is 39.3 Å². The molecule has 1 unspecified atom stereocenters. The summed E-state index contributed by atoms with van der Waals surface area (Å²) in [4.78, 5) is 8.74. The van der Waals surface area contributed by atoms with Gasteiger partial charge in [0.2, 0.25) is 0 Å². The van der Waals surface area contributed by atoms with Gasteiger partial charge in [-0.2, -0.15) is 0 Å². The molecule has 0 bridgehead atoms. The third-order valence-electron chi connectivity index (χ3n) is 4.08. The van der Waals surface area contributed by atoms with Crippen molar-refractivity contribution < 1.29 is 0 Å². The van der Waals surface area contributed by atoms with E-state index in [1.807, 2.05) is 13.8 Å². The zero-order valence-corrected chi connectivity index (χ0v) is 14.7. The number of nitrogens with one attached hydrogen (secondary N) is 2. The molecular formula is C15H23N7S. The summed E-state index contributed by atoms with van der Waals surface area (Å²) in [5.41, 5.74) is 1.07. The second-order valence-electron chi connectivity index (χ2n) is 5.87.